The maximum absolute atomic E-state index is 14.0. The van der Waals surface area contributed by atoms with E-state index in [0.717, 1.165) is 22.3 Å². The summed E-state index contributed by atoms with van der Waals surface area (Å²) in [6.07, 6.45) is 8.64. The number of allylic oxidation sites excluding steroid dienone is 3. The molecule has 1 aromatic heterocycles. The SMILES string of the molecule is O=C(O)C1(CN(Cc2cccnc2)S(=O)(=O)c2ccc(-c3ccccc3)cc2)C=CC(c2ccccc2)=CC1. The first kappa shape index (κ1) is 26.3. The fourth-order valence-electron chi connectivity index (χ4n) is 4.70. The predicted molar refractivity (Wildman–Crippen MR) is 152 cm³/mol. The van der Waals surface area contributed by atoms with Gasteiger partial charge in [-0.1, -0.05) is 97.1 Å². The van der Waals surface area contributed by atoms with Crippen LogP contribution in [-0.2, 0) is 21.4 Å². The van der Waals surface area contributed by atoms with Gasteiger partial charge in [-0.2, -0.15) is 4.31 Å². The number of carbonyl (C=O) groups is 1. The predicted octanol–water partition coefficient (Wildman–Crippen LogP) is 6.05. The van der Waals surface area contributed by atoms with Crippen molar-refractivity contribution in [3.63, 3.8) is 0 Å². The van der Waals surface area contributed by atoms with Crippen molar-refractivity contribution in [3.8, 4) is 11.1 Å². The minimum Gasteiger partial charge on any atom is -0.481 e. The number of carboxylic acids is 1. The Morgan fingerprint density at radius 2 is 1.49 bits per heavy atom. The molecule has 0 saturated heterocycles. The van der Waals surface area contributed by atoms with Crippen molar-refractivity contribution in [2.75, 3.05) is 6.54 Å². The van der Waals surface area contributed by atoms with Gasteiger partial charge in [-0.05, 0) is 52.4 Å². The Balaban J connectivity index is 1.48. The molecule has 1 N–H and O–H groups in total. The monoisotopic (exact) mass is 536 g/mol. The number of benzene rings is 3. The van der Waals surface area contributed by atoms with Gasteiger partial charge in [0.2, 0.25) is 10.0 Å². The molecule has 1 heterocycles. The van der Waals surface area contributed by atoms with Gasteiger partial charge in [-0.25, -0.2) is 8.42 Å². The molecule has 0 bridgehead atoms. The van der Waals surface area contributed by atoms with E-state index >= 15 is 0 Å². The molecule has 0 aliphatic heterocycles. The van der Waals surface area contributed by atoms with Gasteiger partial charge in [0.05, 0.1) is 4.90 Å². The van der Waals surface area contributed by atoms with Crippen LogP contribution in [0.1, 0.15) is 17.5 Å². The van der Waals surface area contributed by atoms with Crippen molar-refractivity contribution in [1.82, 2.24) is 9.29 Å². The van der Waals surface area contributed by atoms with Crippen molar-refractivity contribution < 1.29 is 18.3 Å². The van der Waals surface area contributed by atoms with Gasteiger partial charge in [0.25, 0.3) is 0 Å². The second-order valence-electron chi connectivity index (χ2n) is 9.55. The minimum atomic E-state index is -4.05. The highest BCUT2D eigenvalue weighted by atomic mass is 32.2. The number of hydrogen-bond acceptors (Lipinski definition) is 4. The Morgan fingerprint density at radius 1 is 0.846 bits per heavy atom. The third-order valence-corrected chi connectivity index (χ3v) is 8.75. The van der Waals surface area contributed by atoms with Crippen LogP contribution in [-0.4, -0.2) is 35.3 Å². The standard InChI is InChI=1S/C32H28N2O4S/c35-31(36)32(19-17-29(18-20-32)27-11-5-2-6-12-27)24-34(23-25-8-7-21-33-22-25)39(37,38)30-15-13-28(14-16-30)26-9-3-1-4-10-26/h1-19,21-22H,20,23-24H2,(H,35,36). The van der Waals surface area contributed by atoms with Crippen LogP contribution in [0.5, 0.6) is 0 Å². The summed E-state index contributed by atoms with van der Waals surface area (Å²) in [6, 6.07) is 29.6. The lowest BCUT2D eigenvalue weighted by Gasteiger charge is -2.34. The van der Waals surface area contributed by atoms with Crippen LogP contribution in [0, 0.1) is 5.41 Å². The highest BCUT2D eigenvalue weighted by molar-refractivity contribution is 7.89. The van der Waals surface area contributed by atoms with Gasteiger partial charge in [-0.15, -0.1) is 0 Å². The number of aromatic nitrogens is 1. The van der Waals surface area contributed by atoms with E-state index in [4.69, 9.17) is 0 Å². The molecule has 0 spiro atoms. The zero-order chi connectivity index (χ0) is 27.3. The van der Waals surface area contributed by atoms with E-state index in [0.29, 0.717) is 5.56 Å². The Labute approximate surface area is 228 Å². The van der Waals surface area contributed by atoms with E-state index in [9.17, 15) is 18.3 Å². The van der Waals surface area contributed by atoms with Gasteiger partial charge in [-0.3, -0.25) is 9.78 Å². The van der Waals surface area contributed by atoms with E-state index in [1.807, 2.05) is 66.7 Å². The zero-order valence-electron chi connectivity index (χ0n) is 21.2. The quantitative estimate of drug-likeness (QED) is 0.281. The number of hydrogen-bond donors (Lipinski definition) is 1. The van der Waals surface area contributed by atoms with Crippen LogP contribution in [0.25, 0.3) is 16.7 Å². The third kappa shape index (κ3) is 5.74. The van der Waals surface area contributed by atoms with Crippen molar-refractivity contribution in [3.05, 3.63) is 139 Å². The van der Waals surface area contributed by atoms with Gasteiger partial charge >= 0.3 is 5.97 Å². The summed E-state index contributed by atoms with van der Waals surface area (Å²) in [5, 5.41) is 10.3. The van der Waals surface area contributed by atoms with Crippen molar-refractivity contribution in [1.29, 1.82) is 0 Å². The fraction of sp³-hybridized carbons (Fsp3) is 0.125. The summed E-state index contributed by atoms with van der Waals surface area (Å²) in [5.74, 6) is -1.08. The van der Waals surface area contributed by atoms with E-state index in [1.165, 1.54) is 4.31 Å². The molecule has 5 rings (SSSR count). The summed E-state index contributed by atoms with van der Waals surface area (Å²) in [6.45, 7) is -0.232. The number of rotatable bonds is 9. The number of aliphatic carboxylic acids is 1. The van der Waals surface area contributed by atoms with Crippen molar-refractivity contribution in [2.24, 2.45) is 5.41 Å². The summed E-state index contributed by atoms with van der Waals surface area (Å²) in [7, 11) is -4.05. The average Bonchev–Trinajstić information content (AvgIpc) is 2.98. The normalized spacial score (nSPS) is 17.1. The molecule has 39 heavy (non-hydrogen) atoms. The Kier molecular flexibility index (Phi) is 7.54. The average molecular weight is 537 g/mol. The smallest absolute Gasteiger partial charge is 0.315 e. The lowest BCUT2D eigenvalue weighted by molar-refractivity contribution is -0.146. The second-order valence-corrected chi connectivity index (χ2v) is 11.5. The van der Waals surface area contributed by atoms with Crippen LogP contribution < -0.4 is 0 Å². The molecule has 1 aliphatic carbocycles. The summed E-state index contributed by atoms with van der Waals surface area (Å²) < 4.78 is 29.2. The number of carboxylic acid groups (broad SMARTS) is 1. The van der Waals surface area contributed by atoms with Crippen molar-refractivity contribution >= 4 is 21.6 Å². The summed E-state index contributed by atoms with van der Waals surface area (Å²) in [4.78, 5) is 16.9. The van der Waals surface area contributed by atoms with Gasteiger partial charge in [0, 0.05) is 25.5 Å². The number of nitrogens with zero attached hydrogens (tertiary/aromatic N) is 2. The largest absolute Gasteiger partial charge is 0.481 e. The number of sulfonamides is 1. The number of pyridine rings is 1. The first-order valence-electron chi connectivity index (χ1n) is 12.6. The van der Waals surface area contributed by atoms with Gasteiger partial charge in [0.1, 0.15) is 5.41 Å². The summed E-state index contributed by atoms with van der Waals surface area (Å²) >= 11 is 0. The van der Waals surface area contributed by atoms with Crippen LogP contribution in [0.3, 0.4) is 0 Å². The molecule has 0 fully saturated rings. The van der Waals surface area contributed by atoms with E-state index in [2.05, 4.69) is 4.98 Å². The Hall–Kier alpha value is -4.33. The maximum atomic E-state index is 14.0. The van der Waals surface area contributed by atoms with Crippen LogP contribution in [0.2, 0.25) is 0 Å². The molecular weight excluding hydrogens is 508 g/mol. The van der Waals surface area contributed by atoms with Crippen LogP contribution in [0.15, 0.2) is 133 Å². The van der Waals surface area contributed by atoms with E-state index < -0.39 is 21.4 Å². The second kappa shape index (κ2) is 11.2. The molecule has 6 nitrogen and oxygen atoms in total. The summed E-state index contributed by atoms with van der Waals surface area (Å²) in [5.41, 5.74) is 3.01. The van der Waals surface area contributed by atoms with Crippen molar-refractivity contribution in [2.45, 2.75) is 17.9 Å². The van der Waals surface area contributed by atoms with E-state index in [-0.39, 0.29) is 24.4 Å². The zero-order valence-corrected chi connectivity index (χ0v) is 22.0. The minimum absolute atomic E-state index is 0.00522. The first-order chi connectivity index (χ1) is 18.9. The van der Waals surface area contributed by atoms with Gasteiger partial charge in [0.15, 0.2) is 0 Å². The molecule has 196 valence electrons. The third-order valence-electron chi connectivity index (χ3n) is 6.94. The topological polar surface area (TPSA) is 87.6 Å². The lowest BCUT2D eigenvalue weighted by Crippen LogP contribution is -2.44. The lowest BCUT2D eigenvalue weighted by atomic mass is 9.79. The van der Waals surface area contributed by atoms with Crippen LogP contribution in [0.4, 0.5) is 0 Å². The molecule has 1 aliphatic rings. The maximum Gasteiger partial charge on any atom is 0.315 e. The first-order valence-corrected chi connectivity index (χ1v) is 14.0. The molecule has 1 atom stereocenters. The molecule has 0 amide bonds. The highest BCUT2D eigenvalue weighted by Crippen LogP contribution is 2.36. The molecule has 4 aromatic rings. The molecule has 1 unspecified atom stereocenters. The molecule has 7 heteroatoms. The fourth-order valence-corrected chi connectivity index (χ4v) is 6.20. The Morgan fingerprint density at radius 3 is 2.05 bits per heavy atom. The molecular formula is C32H28N2O4S. The van der Waals surface area contributed by atoms with Crippen LogP contribution >= 0.6 is 0 Å². The molecule has 3 aromatic carbocycles. The van der Waals surface area contributed by atoms with E-state index in [1.54, 1.807) is 60.9 Å². The molecule has 0 radical (unpaired) electrons. The Bertz CT molecular complexity index is 1600. The van der Waals surface area contributed by atoms with Gasteiger partial charge < -0.3 is 5.11 Å². The molecule has 0 saturated carbocycles. The highest BCUT2D eigenvalue weighted by Gasteiger charge is 2.42.